The van der Waals surface area contributed by atoms with E-state index in [1.165, 1.54) is 25.1 Å². The first kappa shape index (κ1) is 15.6. The van der Waals surface area contributed by atoms with E-state index in [4.69, 9.17) is 5.73 Å². The number of nitrogens with zero attached hydrogens (tertiary/aromatic N) is 1. The lowest BCUT2D eigenvalue weighted by Crippen LogP contribution is -2.33. The van der Waals surface area contributed by atoms with Gasteiger partial charge in [0.05, 0.1) is 17.2 Å². The van der Waals surface area contributed by atoms with Crippen molar-refractivity contribution in [3.63, 3.8) is 0 Å². The maximum atomic E-state index is 14.0. The molecule has 0 spiro atoms. The van der Waals surface area contributed by atoms with Crippen molar-refractivity contribution < 1.29 is 18.4 Å². The summed E-state index contributed by atoms with van der Waals surface area (Å²) in [5.41, 5.74) is 6.31. The molecule has 2 amide bonds. The molecule has 0 aliphatic carbocycles. The molecule has 1 unspecified atom stereocenters. The van der Waals surface area contributed by atoms with E-state index in [1.807, 2.05) is 0 Å². The Bertz CT molecular complexity index is 854. The average molecular weight is 381 g/mol. The van der Waals surface area contributed by atoms with Gasteiger partial charge in [0, 0.05) is 21.8 Å². The molecule has 0 aromatic heterocycles. The molecule has 3 rings (SSSR count). The van der Waals surface area contributed by atoms with Gasteiger partial charge in [-0.05, 0) is 25.1 Å². The van der Waals surface area contributed by atoms with Crippen LogP contribution in [0.4, 0.5) is 14.5 Å². The first-order valence-corrected chi connectivity index (χ1v) is 7.52. The summed E-state index contributed by atoms with van der Waals surface area (Å²) in [5, 5.41) is 0. The highest BCUT2D eigenvalue weighted by Gasteiger charge is 2.41. The molecule has 0 bridgehead atoms. The normalized spacial score (nSPS) is 15.0. The maximum absolute atomic E-state index is 14.0. The van der Waals surface area contributed by atoms with Gasteiger partial charge in [-0.3, -0.25) is 14.5 Å². The fraction of sp³-hybridized carbons (Fsp3) is 0.125. The monoisotopic (exact) mass is 380 g/mol. The van der Waals surface area contributed by atoms with Crippen LogP contribution < -0.4 is 5.73 Å². The predicted octanol–water partition coefficient (Wildman–Crippen LogP) is 3.67. The minimum atomic E-state index is -0.888. The van der Waals surface area contributed by atoms with Crippen LogP contribution in [0.2, 0.25) is 0 Å². The summed E-state index contributed by atoms with van der Waals surface area (Å²) in [6.07, 6.45) is 0. The van der Waals surface area contributed by atoms with Crippen LogP contribution in [-0.2, 0) is 0 Å². The van der Waals surface area contributed by atoms with Gasteiger partial charge in [0.1, 0.15) is 11.6 Å². The van der Waals surface area contributed by atoms with Crippen LogP contribution in [0.5, 0.6) is 0 Å². The average Bonchev–Trinajstić information content (AvgIpc) is 2.70. The molecule has 2 aromatic rings. The number of nitrogens with two attached hydrogens (primary N) is 1. The molecule has 1 aliphatic heterocycles. The molecular weight excluding hydrogens is 370 g/mol. The largest absolute Gasteiger partial charge is 0.398 e. The van der Waals surface area contributed by atoms with Gasteiger partial charge < -0.3 is 5.73 Å². The summed E-state index contributed by atoms with van der Waals surface area (Å²) in [4.78, 5) is 26.0. The van der Waals surface area contributed by atoms with E-state index in [2.05, 4.69) is 15.9 Å². The molecular formula is C16H11BrF2N2O2. The van der Waals surface area contributed by atoms with Crippen molar-refractivity contribution in [3.8, 4) is 0 Å². The number of imide groups is 1. The number of benzene rings is 2. The Morgan fingerprint density at radius 3 is 2.48 bits per heavy atom. The first-order chi connectivity index (χ1) is 10.8. The van der Waals surface area contributed by atoms with Gasteiger partial charge in [-0.15, -0.1) is 0 Å². The van der Waals surface area contributed by atoms with E-state index in [0.717, 1.165) is 17.0 Å². The standard InChI is InChI=1S/C16H11BrF2N2O2/c1-7(10-3-2-9(18)6-12(10)19)21-15(22)11-4-8(17)5-13(20)14(11)16(21)23/h2-7H,20H2,1H3. The summed E-state index contributed by atoms with van der Waals surface area (Å²) in [7, 11) is 0. The quantitative estimate of drug-likeness (QED) is 0.638. The van der Waals surface area contributed by atoms with Gasteiger partial charge in [-0.25, -0.2) is 8.78 Å². The zero-order valence-electron chi connectivity index (χ0n) is 11.9. The number of hydrogen-bond acceptors (Lipinski definition) is 3. The summed E-state index contributed by atoms with van der Waals surface area (Å²) >= 11 is 3.22. The van der Waals surface area contributed by atoms with Crippen LogP contribution in [0.3, 0.4) is 0 Å². The molecule has 4 nitrogen and oxygen atoms in total. The van der Waals surface area contributed by atoms with E-state index < -0.39 is 29.5 Å². The highest BCUT2D eigenvalue weighted by molar-refractivity contribution is 9.10. The van der Waals surface area contributed by atoms with Crippen molar-refractivity contribution in [2.24, 2.45) is 0 Å². The second-order valence-electron chi connectivity index (χ2n) is 5.24. The van der Waals surface area contributed by atoms with Gasteiger partial charge >= 0.3 is 0 Å². The number of hydrogen-bond donors (Lipinski definition) is 1. The molecule has 0 saturated heterocycles. The molecule has 118 valence electrons. The van der Waals surface area contributed by atoms with Crippen molar-refractivity contribution in [2.45, 2.75) is 13.0 Å². The lowest BCUT2D eigenvalue weighted by atomic mass is 10.1. The molecule has 2 aromatic carbocycles. The van der Waals surface area contributed by atoms with E-state index in [9.17, 15) is 18.4 Å². The van der Waals surface area contributed by atoms with Crippen LogP contribution in [-0.4, -0.2) is 16.7 Å². The van der Waals surface area contributed by atoms with E-state index >= 15 is 0 Å². The van der Waals surface area contributed by atoms with Crippen LogP contribution in [0, 0.1) is 11.6 Å². The zero-order valence-corrected chi connectivity index (χ0v) is 13.5. The number of rotatable bonds is 2. The molecule has 1 atom stereocenters. The fourth-order valence-electron chi connectivity index (χ4n) is 2.71. The van der Waals surface area contributed by atoms with Gasteiger partial charge in [-0.1, -0.05) is 22.0 Å². The Balaban J connectivity index is 2.07. The number of carbonyl (C=O) groups is 2. The molecule has 0 radical (unpaired) electrons. The third-order valence-electron chi connectivity index (χ3n) is 3.82. The van der Waals surface area contributed by atoms with Crippen molar-refractivity contribution >= 4 is 33.4 Å². The lowest BCUT2D eigenvalue weighted by molar-refractivity contribution is 0.0593. The highest BCUT2D eigenvalue weighted by Crippen LogP contribution is 2.36. The molecule has 0 fully saturated rings. The molecule has 7 heteroatoms. The molecule has 1 heterocycles. The van der Waals surface area contributed by atoms with Crippen LogP contribution in [0.15, 0.2) is 34.8 Å². The molecule has 23 heavy (non-hydrogen) atoms. The van der Waals surface area contributed by atoms with Crippen molar-refractivity contribution in [2.75, 3.05) is 5.73 Å². The Labute approximate surface area is 139 Å². The number of nitrogen functional groups attached to an aromatic ring is 1. The Hall–Kier alpha value is -2.28. The number of halogens is 3. The Morgan fingerprint density at radius 2 is 1.83 bits per heavy atom. The number of fused-ring (bicyclic) bond motifs is 1. The molecule has 2 N–H and O–H groups in total. The summed E-state index contributed by atoms with van der Waals surface area (Å²) in [5.74, 6) is -2.70. The second kappa shape index (κ2) is 5.42. The number of amides is 2. The highest BCUT2D eigenvalue weighted by atomic mass is 79.9. The number of carbonyl (C=O) groups excluding carboxylic acids is 2. The first-order valence-electron chi connectivity index (χ1n) is 6.73. The van der Waals surface area contributed by atoms with Crippen LogP contribution in [0.25, 0.3) is 0 Å². The summed E-state index contributed by atoms with van der Waals surface area (Å²) in [6, 6.07) is 5.16. The van der Waals surface area contributed by atoms with Crippen molar-refractivity contribution in [1.29, 1.82) is 0 Å². The molecule has 0 saturated carbocycles. The SMILES string of the molecule is CC(c1ccc(F)cc1F)N1C(=O)c2cc(Br)cc(N)c2C1=O. The van der Waals surface area contributed by atoms with Crippen LogP contribution >= 0.6 is 15.9 Å². The predicted molar refractivity (Wildman–Crippen MR) is 83.8 cm³/mol. The smallest absolute Gasteiger partial charge is 0.264 e. The summed E-state index contributed by atoms with van der Waals surface area (Å²) < 4.78 is 27.6. The second-order valence-corrected chi connectivity index (χ2v) is 6.16. The van der Waals surface area contributed by atoms with Crippen molar-refractivity contribution in [3.05, 3.63) is 63.1 Å². The van der Waals surface area contributed by atoms with Crippen molar-refractivity contribution in [1.82, 2.24) is 4.90 Å². The minimum absolute atomic E-state index is 0.0542. The van der Waals surface area contributed by atoms with Gasteiger partial charge in [0.25, 0.3) is 11.8 Å². The van der Waals surface area contributed by atoms with E-state index in [0.29, 0.717) is 4.47 Å². The maximum Gasteiger partial charge on any atom is 0.264 e. The van der Waals surface area contributed by atoms with E-state index in [1.54, 1.807) is 0 Å². The van der Waals surface area contributed by atoms with Crippen LogP contribution in [0.1, 0.15) is 39.2 Å². The minimum Gasteiger partial charge on any atom is -0.398 e. The van der Waals surface area contributed by atoms with Gasteiger partial charge in [-0.2, -0.15) is 0 Å². The van der Waals surface area contributed by atoms with Gasteiger partial charge in [0.2, 0.25) is 0 Å². The zero-order chi connectivity index (χ0) is 16.9. The summed E-state index contributed by atoms with van der Waals surface area (Å²) in [6.45, 7) is 1.50. The third kappa shape index (κ3) is 2.41. The lowest BCUT2D eigenvalue weighted by Gasteiger charge is -2.23. The van der Waals surface area contributed by atoms with Gasteiger partial charge in [0.15, 0.2) is 0 Å². The topological polar surface area (TPSA) is 63.4 Å². The molecule has 1 aliphatic rings. The Kier molecular flexibility index (Phi) is 3.68. The fourth-order valence-corrected chi connectivity index (χ4v) is 3.18. The van der Waals surface area contributed by atoms with E-state index in [-0.39, 0.29) is 22.4 Å². The number of anilines is 1. The third-order valence-corrected chi connectivity index (χ3v) is 4.27. The Morgan fingerprint density at radius 1 is 1.13 bits per heavy atom.